The van der Waals surface area contributed by atoms with Gasteiger partial charge in [0.2, 0.25) is 0 Å². The molecule has 10 atom stereocenters. The molecule has 0 amide bonds. The Kier molecular flexibility index (Phi) is 7.87. The van der Waals surface area contributed by atoms with Crippen molar-refractivity contribution in [3.63, 3.8) is 0 Å². The molecule has 0 aromatic carbocycles. The molecule has 0 aromatic heterocycles. The maximum absolute atomic E-state index is 12.5. The van der Waals surface area contributed by atoms with Gasteiger partial charge in [-0.1, -0.05) is 13.8 Å². The second-order valence-electron chi connectivity index (χ2n) is 16.7. The van der Waals surface area contributed by atoms with Gasteiger partial charge in [-0.2, -0.15) is 0 Å². The number of esters is 2. The second-order valence-corrected chi connectivity index (χ2v) is 16.7. The molecule has 4 saturated carbocycles. The highest BCUT2D eigenvalue weighted by molar-refractivity contribution is 5.66. The van der Waals surface area contributed by atoms with Gasteiger partial charge in [-0.15, -0.1) is 0 Å². The van der Waals surface area contributed by atoms with Crippen molar-refractivity contribution >= 4 is 11.9 Å². The van der Waals surface area contributed by atoms with Crippen LogP contribution in [0.3, 0.4) is 0 Å². The molecule has 0 radical (unpaired) electrons. The van der Waals surface area contributed by atoms with Gasteiger partial charge in [-0.3, -0.25) is 9.59 Å². The number of fused-ring (bicyclic) bond motifs is 5. The van der Waals surface area contributed by atoms with Crippen LogP contribution in [-0.4, -0.2) is 85.5 Å². The van der Waals surface area contributed by atoms with E-state index in [0.717, 1.165) is 21.3 Å². The lowest BCUT2D eigenvalue weighted by atomic mass is 9.44. The summed E-state index contributed by atoms with van der Waals surface area (Å²) in [6, 6.07) is 0.846. The Hall–Kier alpha value is -1.14. The smallest absolute Gasteiger partial charge is 0.303 e. The predicted molar refractivity (Wildman–Crippen MR) is 161 cm³/mol. The lowest BCUT2D eigenvalue weighted by Gasteiger charge is -2.63. The number of hydrogen-bond acceptors (Lipinski definition) is 4. The Morgan fingerprint density at radius 3 is 1.85 bits per heavy atom. The number of nitrogens with zero attached hydrogens (tertiary/aromatic N) is 2. The molecule has 6 heteroatoms. The van der Waals surface area contributed by atoms with Gasteiger partial charge in [0, 0.05) is 32.1 Å². The number of piperidine rings is 2. The summed E-state index contributed by atoms with van der Waals surface area (Å²) in [5.41, 5.74) is 0.377. The third-order valence-electron chi connectivity index (χ3n) is 14.5. The van der Waals surface area contributed by atoms with E-state index in [9.17, 15) is 9.59 Å². The van der Waals surface area contributed by atoms with Gasteiger partial charge in [0.05, 0.1) is 40.3 Å². The third-order valence-corrected chi connectivity index (χ3v) is 14.5. The molecule has 6 nitrogen and oxygen atoms in total. The molecule has 6 rings (SSSR count). The largest absolute Gasteiger partial charge is 0.456 e. The van der Waals surface area contributed by atoms with E-state index in [-0.39, 0.29) is 29.6 Å². The topological polar surface area (TPSA) is 52.6 Å². The molecule has 0 spiro atoms. The first kappa shape index (κ1) is 29.9. The maximum atomic E-state index is 12.5. The number of quaternary nitrogens is 2. The maximum Gasteiger partial charge on any atom is 0.303 e. The minimum Gasteiger partial charge on any atom is -0.456 e. The van der Waals surface area contributed by atoms with Crippen LogP contribution in [0.5, 0.6) is 0 Å². The Labute approximate surface area is 250 Å². The fourth-order valence-corrected chi connectivity index (χ4v) is 12.3. The molecule has 0 aromatic rings. The molecule has 0 bridgehead atoms. The van der Waals surface area contributed by atoms with Crippen molar-refractivity contribution in [2.24, 2.45) is 34.5 Å². The van der Waals surface area contributed by atoms with Crippen LogP contribution in [0.15, 0.2) is 0 Å². The number of likely N-dealkylation sites (tertiary alicyclic amines) is 2. The quantitative estimate of drug-likeness (QED) is 0.301. The van der Waals surface area contributed by atoms with Crippen molar-refractivity contribution in [3.8, 4) is 0 Å². The number of carbonyl (C=O) groups excluding carboxylic acids is 2. The van der Waals surface area contributed by atoms with E-state index in [0.29, 0.717) is 35.3 Å². The SMILES string of the molecule is CC(=O)OC1C([N+]2(C)CCCCC2)C[C@H]2C3CC[C@H]4C[C@H](OC(C)=O)C([N+]5(C)CCCCC5)CC4(C)[C@H]3CCC12C. The van der Waals surface area contributed by atoms with Crippen LogP contribution in [0.25, 0.3) is 0 Å². The van der Waals surface area contributed by atoms with Gasteiger partial charge in [0.15, 0.2) is 12.2 Å². The third kappa shape index (κ3) is 4.99. The van der Waals surface area contributed by atoms with Crippen molar-refractivity contribution in [2.75, 3.05) is 40.3 Å². The van der Waals surface area contributed by atoms with Gasteiger partial charge in [0.1, 0.15) is 12.1 Å². The molecule has 2 heterocycles. The van der Waals surface area contributed by atoms with E-state index < -0.39 is 0 Å². The molecule has 4 aliphatic carbocycles. The molecule has 2 aliphatic heterocycles. The van der Waals surface area contributed by atoms with E-state index in [1.165, 1.54) is 103 Å². The fraction of sp³-hybridized carbons (Fsp3) is 0.943. The average molecular weight is 573 g/mol. The van der Waals surface area contributed by atoms with Crippen molar-refractivity contribution in [1.29, 1.82) is 0 Å². The Bertz CT molecular complexity index is 1000. The summed E-state index contributed by atoms with van der Waals surface area (Å²) in [7, 11) is 4.94. The van der Waals surface area contributed by atoms with Gasteiger partial charge in [-0.05, 0) is 99.7 Å². The van der Waals surface area contributed by atoms with Crippen LogP contribution >= 0.6 is 0 Å². The van der Waals surface area contributed by atoms with E-state index in [1.807, 2.05) is 0 Å². The summed E-state index contributed by atoms with van der Waals surface area (Å²) in [5.74, 6) is 2.52. The van der Waals surface area contributed by atoms with Crippen molar-refractivity contribution in [1.82, 2.24) is 0 Å². The van der Waals surface area contributed by atoms with Crippen molar-refractivity contribution < 1.29 is 28.0 Å². The molecule has 6 unspecified atom stereocenters. The zero-order valence-corrected chi connectivity index (χ0v) is 27.2. The predicted octanol–water partition coefficient (Wildman–Crippen LogP) is 6.11. The molecular weight excluding hydrogens is 512 g/mol. The summed E-state index contributed by atoms with van der Waals surface area (Å²) in [6.45, 7) is 13.3. The number of ether oxygens (including phenoxy) is 2. The monoisotopic (exact) mass is 572 g/mol. The minimum atomic E-state index is -0.0998. The first-order valence-corrected chi connectivity index (χ1v) is 17.4. The van der Waals surface area contributed by atoms with Gasteiger partial charge < -0.3 is 18.4 Å². The van der Waals surface area contributed by atoms with Crippen LogP contribution in [0, 0.1) is 34.5 Å². The summed E-state index contributed by atoms with van der Waals surface area (Å²) < 4.78 is 14.7. The Morgan fingerprint density at radius 2 is 1.27 bits per heavy atom. The second kappa shape index (κ2) is 10.8. The number of carbonyl (C=O) groups is 2. The molecule has 232 valence electrons. The first-order chi connectivity index (χ1) is 19.4. The average Bonchev–Trinajstić information content (AvgIpc) is 3.21. The highest BCUT2D eigenvalue weighted by Crippen LogP contribution is 2.68. The molecule has 6 aliphatic rings. The summed E-state index contributed by atoms with van der Waals surface area (Å²) in [6.07, 6.45) is 16.4. The fourth-order valence-electron chi connectivity index (χ4n) is 12.3. The normalized spacial score (nSPS) is 46.9. The first-order valence-electron chi connectivity index (χ1n) is 17.4. The van der Waals surface area contributed by atoms with Crippen LogP contribution in [0.1, 0.15) is 111 Å². The van der Waals surface area contributed by atoms with Crippen LogP contribution < -0.4 is 0 Å². The Morgan fingerprint density at radius 1 is 0.683 bits per heavy atom. The van der Waals surface area contributed by atoms with Crippen LogP contribution in [0.4, 0.5) is 0 Å². The summed E-state index contributed by atoms with van der Waals surface area (Å²) in [4.78, 5) is 24.8. The van der Waals surface area contributed by atoms with E-state index in [2.05, 4.69) is 27.9 Å². The molecule has 6 fully saturated rings. The van der Waals surface area contributed by atoms with E-state index >= 15 is 0 Å². The minimum absolute atomic E-state index is 0.0462. The zero-order valence-electron chi connectivity index (χ0n) is 27.2. The standard InChI is InChI=1S/C35H60N2O4/c1-24(38)40-32-21-26-13-14-27-28(35(26,4)23-31(32)37(6)19-11-8-12-20-37)15-16-34(3)29(27)22-30(33(34)41-25(2)39)36(5)17-9-7-10-18-36/h26-33H,7-23H2,1-6H3/q+2/t26-,27?,28-,29-,30?,31?,32-,33?,34?,35?/m0/s1. The number of hydrogen-bond donors (Lipinski definition) is 0. The zero-order chi connectivity index (χ0) is 29.2. The lowest BCUT2D eigenvalue weighted by Crippen LogP contribution is -2.66. The number of rotatable bonds is 4. The van der Waals surface area contributed by atoms with Crippen LogP contribution in [0.2, 0.25) is 0 Å². The highest BCUT2D eigenvalue weighted by Gasteiger charge is 2.68. The summed E-state index contributed by atoms with van der Waals surface area (Å²) in [5, 5.41) is 0. The van der Waals surface area contributed by atoms with Gasteiger partial charge in [0.25, 0.3) is 0 Å². The lowest BCUT2D eigenvalue weighted by molar-refractivity contribution is -0.943. The van der Waals surface area contributed by atoms with Crippen molar-refractivity contribution in [2.45, 2.75) is 135 Å². The van der Waals surface area contributed by atoms with Crippen molar-refractivity contribution in [3.05, 3.63) is 0 Å². The molecule has 0 N–H and O–H groups in total. The highest BCUT2D eigenvalue weighted by atomic mass is 16.5. The van der Waals surface area contributed by atoms with Gasteiger partial charge in [-0.25, -0.2) is 0 Å². The van der Waals surface area contributed by atoms with E-state index in [4.69, 9.17) is 9.47 Å². The molecule has 2 saturated heterocycles. The van der Waals surface area contributed by atoms with Crippen LogP contribution in [-0.2, 0) is 19.1 Å². The Balaban J connectivity index is 1.31. The number of likely N-dealkylation sites (N-methyl/N-ethyl adjacent to an activating group) is 2. The van der Waals surface area contributed by atoms with E-state index in [1.54, 1.807) is 13.8 Å². The van der Waals surface area contributed by atoms with Gasteiger partial charge >= 0.3 is 11.9 Å². The summed E-state index contributed by atoms with van der Waals surface area (Å²) >= 11 is 0. The molecular formula is C35H60N2O4+2. The molecule has 41 heavy (non-hydrogen) atoms.